The highest BCUT2D eigenvalue weighted by atomic mass is 19.1. The van der Waals surface area contributed by atoms with E-state index >= 15 is 0 Å². The molecule has 0 unspecified atom stereocenters. The van der Waals surface area contributed by atoms with Crippen LogP contribution in [0, 0.1) is 0 Å². The maximum Gasteiger partial charge on any atom is 0.254 e. The molecule has 0 aromatic carbocycles. The van der Waals surface area contributed by atoms with Gasteiger partial charge in [-0.3, -0.25) is 4.79 Å². The van der Waals surface area contributed by atoms with Gasteiger partial charge < -0.3 is 4.74 Å². The van der Waals surface area contributed by atoms with Gasteiger partial charge in [0.15, 0.2) is 11.6 Å². The van der Waals surface area contributed by atoms with Crippen LogP contribution in [0.1, 0.15) is 13.3 Å². The fourth-order valence-electron chi connectivity index (χ4n) is 1.52. The van der Waals surface area contributed by atoms with Gasteiger partial charge in [0.1, 0.15) is 13.3 Å². The van der Waals surface area contributed by atoms with Gasteiger partial charge in [0.05, 0.1) is 6.42 Å². The van der Waals surface area contributed by atoms with Crippen molar-refractivity contribution in [3.05, 3.63) is 18.3 Å². The average molecular weight is 237 g/mol. The van der Waals surface area contributed by atoms with Crippen LogP contribution in [0.5, 0.6) is 5.75 Å². The minimum Gasteiger partial charge on any atom is -0.487 e. The Morgan fingerprint density at radius 3 is 3.06 bits per heavy atom. The minimum absolute atomic E-state index is 0.0661. The molecule has 6 heteroatoms. The number of rotatable bonds is 4. The van der Waals surface area contributed by atoms with Crippen LogP contribution >= 0.6 is 0 Å². The van der Waals surface area contributed by atoms with Crippen molar-refractivity contribution in [2.45, 2.75) is 13.3 Å². The van der Waals surface area contributed by atoms with Crippen molar-refractivity contribution in [3.8, 4) is 5.75 Å². The molecule has 0 aliphatic carbocycles. The highest BCUT2D eigenvalue weighted by Gasteiger charge is 2.26. The molecular weight excluding hydrogens is 225 g/mol. The highest BCUT2D eigenvalue weighted by molar-refractivity contribution is 6.12. The standard InChI is InChI=1S/C11H12FN3O2/c1-8-7-10(16)15(14-8)11-9(17-6-4-12)3-2-5-13-11/h2-3,5H,4,6-7H2,1H3. The van der Waals surface area contributed by atoms with E-state index in [2.05, 4.69) is 10.1 Å². The molecule has 0 saturated carbocycles. The van der Waals surface area contributed by atoms with Crippen molar-refractivity contribution in [1.82, 2.24) is 4.98 Å². The third-order valence-corrected chi connectivity index (χ3v) is 2.20. The molecule has 2 heterocycles. The van der Waals surface area contributed by atoms with E-state index in [0.717, 1.165) is 5.71 Å². The first kappa shape index (κ1) is 11.5. The lowest BCUT2D eigenvalue weighted by Gasteiger charge is -2.14. The molecule has 1 aromatic rings. The predicted octanol–water partition coefficient (Wildman–Crippen LogP) is 1.54. The molecule has 0 saturated heterocycles. The van der Waals surface area contributed by atoms with Crippen molar-refractivity contribution in [2.75, 3.05) is 18.3 Å². The van der Waals surface area contributed by atoms with Gasteiger partial charge in [-0.15, -0.1) is 0 Å². The lowest BCUT2D eigenvalue weighted by Crippen LogP contribution is -2.21. The summed E-state index contributed by atoms with van der Waals surface area (Å²) in [7, 11) is 0. The van der Waals surface area contributed by atoms with Crippen molar-refractivity contribution in [1.29, 1.82) is 0 Å². The van der Waals surface area contributed by atoms with Crippen LogP contribution < -0.4 is 9.75 Å². The van der Waals surface area contributed by atoms with E-state index in [9.17, 15) is 9.18 Å². The summed E-state index contributed by atoms with van der Waals surface area (Å²) >= 11 is 0. The summed E-state index contributed by atoms with van der Waals surface area (Å²) in [6.07, 6.45) is 1.81. The molecule has 90 valence electrons. The molecule has 0 radical (unpaired) electrons. The molecule has 1 amide bonds. The number of alkyl halides is 1. The van der Waals surface area contributed by atoms with E-state index in [0.29, 0.717) is 11.6 Å². The minimum atomic E-state index is -0.593. The highest BCUT2D eigenvalue weighted by Crippen LogP contribution is 2.28. The number of ether oxygens (including phenoxy) is 1. The second kappa shape index (κ2) is 4.90. The van der Waals surface area contributed by atoms with Crippen molar-refractivity contribution < 1.29 is 13.9 Å². The summed E-state index contributed by atoms with van der Waals surface area (Å²) in [6.45, 7) is 1.11. The third kappa shape index (κ3) is 2.41. The first-order valence-electron chi connectivity index (χ1n) is 5.23. The van der Waals surface area contributed by atoms with Gasteiger partial charge in [-0.1, -0.05) is 0 Å². The van der Waals surface area contributed by atoms with E-state index in [4.69, 9.17) is 4.74 Å². The number of hydrogen-bond acceptors (Lipinski definition) is 4. The van der Waals surface area contributed by atoms with Crippen molar-refractivity contribution in [2.24, 2.45) is 5.10 Å². The second-order valence-corrected chi connectivity index (χ2v) is 3.58. The Labute approximate surface area is 97.9 Å². The molecule has 0 atom stereocenters. The number of halogens is 1. The zero-order valence-electron chi connectivity index (χ0n) is 9.39. The molecule has 1 aromatic heterocycles. The van der Waals surface area contributed by atoms with Crippen LogP contribution in [-0.4, -0.2) is 29.9 Å². The zero-order valence-corrected chi connectivity index (χ0v) is 9.39. The van der Waals surface area contributed by atoms with Crippen molar-refractivity contribution >= 4 is 17.4 Å². The monoisotopic (exact) mass is 237 g/mol. The summed E-state index contributed by atoms with van der Waals surface area (Å²) < 4.78 is 17.3. The fraction of sp³-hybridized carbons (Fsp3) is 0.364. The Balaban J connectivity index is 2.28. The van der Waals surface area contributed by atoms with Gasteiger partial charge >= 0.3 is 0 Å². The van der Waals surface area contributed by atoms with E-state index in [1.54, 1.807) is 19.1 Å². The number of pyridine rings is 1. The number of aromatic nitrogens is 1. The molecule has 17 heavy (non-hydrogen) atoms. The molecule has 5 nitrogen and oxygen atoms in total. The summed E-state index contributed by atoms with van der Waals surface area (Å²) in [5.74, 6) is 0.506. The quantitative estimate of drug-likeness (QED) is 0.798. The van der Waals surface area contributed by atoms with E-state index in [1.807, 2.05) is 0 Å². The van der Waals surface area contributed by atoms with Crippen LogP contribution in [-0.2, 0) is 4.79 Å². The number of hydrazone groups is 1. The van der Waals surface area contributed by atoms with E-state index < -0.39 is 6.67 Å². The van der Waals surface area contributed by atoms with Gasteiger partial charge in [-0.05, 0) is 19.1 Å². The van der Waals surface area contributed by atoms with E-state index in [1.165, 1.54) is 11.2 Å². The summed E-state index contributed by atoms with van der Waals surface area (Å²) in [5, 5.41) is 5.27. The lowest BCUT2D eigenvalue weighted by atomic mass is 10.3. The number of carbonyl (C=O) groups is 1. The lowest BCUT2D eigenvalue weighted by molar-refractivity contribution is -0.117. The first-order valence-corrected chi connectivity index (χ1v) is 5.23. The maximum absolute atomic E-state index is 12.1. The van der Waals surface area contributed by atoms with Crippen LogP contribution in [0.2, 0.25) is 0 Å². The van der Waals surface area contributed by atoms with Crippen LogP contribution in [0.15, 0.2) is 23.4 Å². The Kier molecular flexibility index (Phi) is 3.32. The van der Waals surface area contributed by atoms with Crippen LogP contribution in [0.3, 0.4) is 0 Å². The number of nitrogens with zero attached hydrogens (tertiary/aromatic N) is 3. The average Bonchev–Trinajstić information content (AvgIpc) is 2.66. The zero-order chi connectivity index (χ0) is 12.3. The Bertz CT molecular complexity index is 462. The maximum atomic E-state index is 12.1. The van der Waals surface area contributed by atoms with Crippen LogP contribution in [0.4, 0.5) is 10.2 Å². The third-order valence-electron chi connectivity index (χ3n) is 2.20. The molecule has 1 aliphatic rings. The first-order chi connectivity index (χ1) is 8.22. The van der Waals surface area contributed by atoms with Crippen molar-refractivity contribution in [3.63, 3.8) is 0 Å². The number of anilines is 1. The molecule has 1 aliphatic heterocycles. The smallest absolute Gasteiger partial charge is 0.254 e. The fourth-order valence-corrected chi connectivity index (χ4v) is 1.52. The second-order valence-electron chi connectivity index (χ2n) is 3.58. The Morgan fingerprint density at radius 1 is 1.59 bits per heavy atom. The van der Waals surface area contributed by atoms with Gasteiger partial charge in [-0.25, -0.2) is 9.37 Å². The number of carbonyl (C=O) groups excluding carboxylic acids is 1. The number of hydrogen-bond donors (Lipinski definition) is 0. The molecule has 0 spiro atoms. The number of amides is 1. The largest absolute Gasteiger partial charge is 0.487 e. The molecule has 0 N–H and O–H groups in total. The normalized spacial score (nSPS) is 15.1. The Morgan fingerprint density at radius 2 is 2.41 bits per heavy atom. The predicted molar refractivity (Wildman–Crippen MR) is 60.9 cm³/mol. The summed E-state index contributed by atoms with van der Waals surface area (Å²) in [5.41, 5.74) is 0.720. The van der Waals surface area contributed by atoms with E-state index in [-0.39, 0.29) is 18.9 Å². The van der Waals surface area contributed by atoms with Crippen LogP contribution in [0.25, 0.3) is 0 Å². The van der Waals surface area contributed by atoms with Gasteiger partial charge in [0.25, 0.3) is 5.91 Å². The SMILES string of the molecule is CC1=NN(c2ncccc2OCCF)C(=O)C1. The van der Waals surface area contributed by atoms with Gasteiger partial charge in [-0.2, -0.15) is 10.1 Å². The topological polar surface area (TPSA) is 54.8 Å². The molecular formula is C11H12FN3O2. The van der Waals surface area contributed by atoms with Gasteiger partial charge in [0, 0.05) is 11.9 Å². The van der Waals surface area contributed by atoms with Gasteiger partial charge in [0.2, 0.25) is 0 Å². The molecule has 0 bridgehead atoms. The Hall–Kier alpha value is -1.98. The summed E-state index contributed by atoms with van der Waals surface area (Å²) in [6, 6.07) is 3.29. The molecule has 2 rings (SSSR count). The molecule has 0 fully saturated rings. The summed E-state index contributed by atoms with van der Waals surface area (Å²) in [4.78, 5) is 15.7.